The predicted octanol–water partition coefficient (Wildman–Crippen LogP) is 6.24. The molecule has 2 heterocycles. The molecule has 152 valence electrons. The van der Waals surface area contributed by atoms with E-state index in [2.05, 4.69) is 17.4 Å². The molecule has 1 aromatic heterocycles. The number of nitrogens with zero attached hydrogens (tertiary/aromatic N) is 1. The summed E-state index contributed by atoms with van der Waals surface area (Å²) in [5.41, 5.74) is 6.99. The summed E-state index contributed by atoms with van der Waals surface area (Å²) in [5, 5.41) is 3.66. The van der Waals surface area contributed by atoms with Gasteiger partial charge in [-0.25, -0.2) is 4.98 Å². The van der Waals surface area contributed by atoms with Gasteiger partial charge in [0.2, 0.25) is 5.91 Å². The lowest BCUT2D eigenvalue weighted by atomic mass is 9.92. The summed E-state index contributed by atoms with van der Waals surface area (Å²) in [5.74, 6) is 0.597. The van der Waals surface area contributed by atoms with E-state index in [4.69, 9.17) is 21.3 Å². The summed E-state index contributed by atoms with van der Waals surface area (Å²) in [7, 11) is 1.61. The van der Waals surface area contributed by atoms with Crippen molar-refractivity contribution < 1.29 is 9.53 Å². The van der Waals surface area contributed by atoms with Crippen LogP contribution >= 0.6 is 11.6 Å². The van der Waals surface area contributed by atoms with Crippen molar-refractivity contribution in [1.82, 2.24) is 4.98 Å². The third-order valence-corrected chi connectivity index (χ3v) is 5.66. The summed E-state index contributed by atoms with van der Waals surface area (Å²) < 4.78 is 5.36. The molecule has 0 bridgehead atoms. The number of benzene rings is 3. The highest BCUT2D eigenvalue weighted by Gasteiger charge is 2.25. The molecule has 1 aliphatic heterocycles. The molecule has 0 saturated carbocycles. The number of rotatable bonds is 3. The summed E-state index contributed by atoms with van der Waals surface area (Å²) in [6, 6.07) is 25.4. The number of hydrogen-bond donors (Lipinski definition) is 1. The molecule has 31 heavy (non-hydrogen) atoms. The van der Waals surface area contributed by atoms with E-state index in [9.17, 15) is 4.79 Å². The molecule has 4 aromatic rings. The van der Waals surface area contributed by atoms with E-state index in [1.165, 1.54) is 0 Å². The Morgan fingerprint density at radius 2 is 1.71 bits per heavy atom. The number of hydrogen-bond acceptors (Lipinski definition) is 3. The zero-order chi connectivity index (χ0) is 21.4. The first-order valence-corrected chi connectivity index (χ1v) is 10.3. The number of fused-ring (bicyclic) bond motifs is 3. The molecule has 3 aromatic carbocycles. The Morgan fingerprint density at radius 3 is 2.48 bits per heavy atom. The van der Waals surface area contributed by atoms with Crippen molar-refractivity contribution in [2.24, 2.45) is 0 Å². The van der Waals surface area contributed by atoms with Crippen molar-refractivity contribution in [3.05, 3.63) is 89.4 Å². The zero-order valence-corrected chi connectivity index (χ0v) is 17.6. The van der Waals surface area contributed by atoms with Crippen LogP contribution in [0, 0.1) is 0 Å². The summed E-state index contributed by atoms with van der Waals surface area (Å²) >= 11 is 6.26. The van der Waals surface area contributed by atoms with Gasteiger partial charge in [0.1, 0.15) is 5.75 Å². The number of carbonyl (C=O) groups excluding carboxylic acids is 1. The van der Waals surface area contributed by atoms with E-state index in [0.717, 1.165) is 39.2 Å². The Hall–Kier alpha value is -3.63. The minimum atomic E-state index is -0.0808. The number of carbonyl (C=O) groups is 1. The Labute approximate surface area is 185 Å². The molecule has 4 nitrogen and oxygen atoms in total. The van der Waals surface area contributed by atoms with Gasteiger partial charge < -0.3 is 10.1 Å². The maximum Gasteiger partial charge on any atom is 0.228 e. The van der Waals surface area contributed by atoms with E-state index in [-0.39, 0.29) is 12.3 Å². The third kappa shape index (κ3) is 3.66. The molecule has 5 rings (SSSR count). The van der Waals surface area contributed by atoms with Gasteiger partial charge >= 0.3 is 0 Å². The molecule has 0 saturated heterocycles. The second-order valence-electron chi connectivity index (χ2n) is 7.40. The van der Waals surface area contributed by atoms with Crippen LogP contribution in [0.5, 0.6) is 5.75 Å². The highest BCUT2D eigenvalue weighted by Crippen LogP contribution is 2.41. The van der Waals surface area contributed by atoms with Crippen LogP contribution in [0.1, 0.15) is 5.56 Å². The number of amides is 1. The first kappa shape index (κ1) is 19.3. The van der Waals surface area contributed by atoms with Gasteiger partial charge in [-0.2, -0.15) is 0 Å². The molecule has 0 unspecified atom stereocenters. The van der Waals surface area contributed by atoms with Gasteiger partial charge in [-0.15, -0.1) is 0 Å². The Bertz CT molecular complexity index is 1300. The van der Waals surface area contributed by atoms with Crippen LogP contribution in [0.15, 0.2) is 78.9 Å². The zero-order valence-electron chi connectivity index (χ0n) is 16.9. The van der Waals surface area contributed by atoms with E-state index < -0.39 is 0 Å². The van der Waals surface area contributed by atoms with E-state index in [1.807, 2.05) is 66.7 Å². The Kier molecular flexibility index (Phi) is 4.92. The van der Waals surface area contributed by atoms with Gasteiger partial charge in [0.15, 0.2) is 0 Å². The summed E-state index contributed by atoms with van der Waals surface area (Å²) in [6.07, 6.45) is 0.235. The maximum atomic E-state index is 12.8. The monoisotopic (exact) mass is 426 g/mol. The molecule has 0 fully saturated rings. The van der Waals surface area contributed by atoms with Gasteiger partial charge in [-0.3, -0.25) is 4.79 Å². The minimum Gasteiger partial charge on any atom is -0.497 e. The van der Waals surface area contributed by atoms with Crippen LogP contribution in [-0.2, 0) is 11.2 Å². The number of anilines is 1. The molecular formula is C26H19ClN2O2. The highest BCUT2D eigenvalue weighted by atomic mass is 35.5. The lowest BCUT2D eigenvalue weighted by Crippen LogP contribution is -2.13. The molecule has 0 spiro atoms. The number of pyridine rings is 1. The van der Waals surface area contributed by atoms with E-state index in [0.29, 0.717) is 16.5 Å². The molecular weight excluding hydrogens is 408 g/mol. The first-order valence-electron chi connectivity index (χ1n) is 9.96. The van der Waals surface area contributed by atoms with Crippen molar-refractivity contribution in [2.45, 2.75) is 6.42 Å². The Morgan fingerprint density at radius 1 is 0.903 bits per heavy atom. The first-order chi connectivity index (χ1) is 15.1. The SMILES string of the molecule is COc1ccc2c(c1)NC(=O)Cc1c(-c3ccccc3)cc(-c3cccc(Cl)c3)nc1-2. The fourth-order valence-corrected chi connectivity index (χ4v) is 4.15. The molecule has 0 radical (unpaired) electrons. The van der Waals surface area contributed by atoms with E-state index in [1.54, 1.807) is 7.11 Å². The molecule has 1 amide bonds. The highest BCUT2D eigenvalue weighted by molar-refractivity contribution is 6.30. The largest absolute Gasteiger partial charge is 0.497 e. The maximum absolute atomic E-state index is 12.8. The van der Waals surface area contributed by atoms with E-state index >= 15 is 0 Å². The average molecular weight is 427 g/mol. The van der Waals surface area contributed by atoms with Crippen molar-refractivity contribution in [3.63, 3.8) is 0 Å². The standard InChI is InChI=1S/C26H19ClN2O2/c1-31-19-10-11-20-24(13-19)28-25(30)15-22-21(16-6-3-2-4-7-16)14-23(29-26(20)22)17-8-5-9-18(27)12-17/h2-14H,15H2,1H3,(H,28,30). The number of nitrogens with one attached hydrogen (secondary N) is 1. The topological polar surface area (TPSA) is 51.2 Å². The van der Waals surface area contributed by atoms with Crippen molar-refractivity contribution in [1.29, 1.82) is 0 Å². The lowest BCUT2D eigenvalue weighted by Gasteiger charge is -2.16. The van der Waals surface area contributed by atoms with Crippen LogP contribution in [0.4, 0.5) is 5.69 Å². The molecule has 0 atom stereocenters. The smallest absolute Gasteiger partial charge is 0.228 e. The molecule has 5 heteroatoms. The van der Waals surface area contributed by atoms with Crippen molar-refractivity contribution in [3.8, 4) is 39.4 Å². The van der Waals surface area contributed by atoms with Crippen LogP contribution in [0.3, 0.4) is 0 Å². The van der Waals surface area contributed by atoms with Crippen LogP contribution in [-0.4, -0.2) is 18.0 Å². The van der Waals surface area contributed by atoms with Crippen LogP contribution < -0.4 is 10.1 Å². The van der Waals surface area contributed by atoms with Crippen LogP contribution in [0.25, 0.3) is 33.6 Å². The number of halogens is 1. The quantitative estimate of drug-likeness (QED) is 0.422. The van der Waals surface area contributed by atoms with Crippen molar-refractivity contribution in [2.75, 3.05) is 12.4 Å². The predicted molar refractivity (Wildman–Crippen MR) is 124 cm³/mol. The second-order valence-corrected chi connectivity index (χ2v) is 7.83. The molecule has 1 aliphatic rings. The third-order valence-electron chi connectivity index (χ3n) is 5.42. The average Bonchev–Trinajstić information content (AvgIpc) is 2.93. The summed E-state index contributed by atoms with van der Waals surface area (Å²) in [6.45, 7) is 0. The molecule has 1 N–H and O–H groups in total. The van der Waals surface area contributed by atoms with Gasteiger partial charge in [0, 0.05) is 22.2 Å². The number of methoxy groups -OCH3 is 1. The van der Waals surface area contributed by atoms with Crippen molar-refractivity contribution >= 4 is 23.2 Å². The normalized spacial score (nSPS) is 12.4. The fourth-order valence-electron chi connectivity index (χ4n) is 3.96. The fraction of sp³-hybridized carbons (Fsp3) is 0.0769. The molecule has 0 aliphatic carbocycles. The van der Waals surface area contributed by atoms with Gasteiger partial charge in [-0.1, -0.05) is 54.1 Å². The lowest BCUT2D eigenvalue weighted by molar-refractivity contribution is -0.115. The van der Waals surface area contributed by atoms with Gasteiger partial charge in [-0.05, 0) is 47.0 Å². The van der Waals surface area contributed by atoms with Gasteiger partial charge in [0.25, 0.3) is 0 Å². The number of aromatic nitrogens is 1. The summed E-state index contributed by atoms with van der Waals surface area (Å²) in [4.78, 5) is 17.8. The number of ether oxygens (including phenoxy) is 1. The van der Waals surface area contributed by atoms with Gasteiger partial charge in [0.05, 0.1) is 30.6 Å². The Balaban J connectivity index is 1.83. The van der Waals surface area contributed by atoms with Crippen LogP contribution in [0.2, 0.25) is 5.02 Å². The second kappa shape index (κ2) is 7.89. The minimum absolute atomic E-state index is 0.0808.